The van der Waals surface area contributed by atoms with Crippen LogP contribution < -0.4 is 10.6 Å². The van der Waals surface area contributed by atoms with Crippen LogP contribution in [0.2, 0.25) is 0 Å². The van der Waals surface area contributed by atoms with Crippen LogP contribution in [0.4, 0.5) is 0 Å². The van der Waals surface area contributed by atoms with E-state index in [-0.39, 0.29) is 18.1 Å². The van der Waals surface area contributed by atoms with Gasteiger partial charge in [-0.25, -0.2) is 0 Å². The van der Waals surface area contributed by atoms with Gasteiger partial charge in [0.25, 0.3) is 0 Å². The van der Waals surface area contributed by atoms with Crippen LogP contribution in [-0.4, -0.2) is 35.2 Å². The number of hydrogen-bond donors (Lipinski definition) is 3. The summed E-state index contributed by atoms with van der Waals surface area (Å²) in [6.45, 7) is 2.86. The maximum absolute atomic E-state index is 12.1. The van der Waals surface area contributed by atoms with Crippen molar-refractivity contribution in [2.24, 2.45) is 0 Å². The van der Waals surface area contributed by atoms with Crippen molar-refractivity contribution in [1.82, 2.24) is 10.6 Å². The Morgan fingerprint density at radius 1 is 1.38 bits per heavy atom. The summed E-state index contributed by atoms with van der Waals surface area (Å²) in [6.07, 6.45) is 5.48. The first kappa shape index (κ1) is 11.9. The summed E-state index contributed by atoms with van der Waals surface area (Å²) in [7, 11) is 0. The number of nitrogens with one attached hydrogen (secondary N) is 2. The van der Waals surface area contributed by atoms with Crippen molar-refractivity contribution in [3.8, 4) is 0 Å². The topological polar surface area (TPSA) is 61.4 Å². The van der Waals surface area contributed by atoms with Gasteiger partial charge >= 0.3 is 0 Å². The lowest BCUT2D eigenvalue weighted by Crippen LogP contribution is -2.56. The van der Waals surface area contributed by atoms with Crippen molar-refractivity contribution in [1.29, 1.82) is 0 Å². The van der Waals surface area contributed by atoms with Gasteiger partial charge in [-0.3, -0.25) is 4.79 Å². The van der Waals surface area contributed by atoms with Crippen molar-refractivity contribution in [3.63, 3.8) is 0 Å². The van der Waals surface area contributed by atoms with Gasteiger partial charge in [0, 0.05) is 0 Å². The molecule has 0 radical (unpaired) electrons. The Bertz CT molecular complexity index is 262. The summed E-state index contributed by atoms with van der Waals surface area (Å²) >= 11 is 0. The van der Waals surface area contributed by atoms with Crippen LogP contribution in [0.5, 0.6) is 0 Å². The summed E-state index contributed by atoms with van der Waals surface area (Å²) in [6, 6.07) is -0.0412. The van der Waals surface area contributed by atoms with Crippen molar-refractivity contribution in [2.75, 3.05) is 6.54 Å². The predicted molar refractivity (Wildman–Crippen MR) is 62.0 cm³/mol. The molecule has 4 nitrogen and oxygen atoms in total. The molecule has 3 N–H and O–H groups in total. The molecule has 1 heterocycles. The highest BCUT2D eigenvalue weighted by atomic mass is 16.3. The molecule has 92 valence electrons. The molecule has 1 unspecified atom stereocenters. The van der Waals surface area contributed by atoms with E-state index < -0.39 is 5.54 Å². The molecule has 0 aromatic heterocycles. The molecule has 1 saturated carbocycles. The second-order valence-corrected chi connectivity index (χ2v) is 5.29. The van der Waals surface area contributed by atoms with Gasteiger partial charge in [-0.2, -0.15) is 0 Å². The van der Waals surface area contributed by atoms with E-state index in [4.69, 9.17) is 0 Å². The average molecular weight is 226 g/mol. The van der Waals surface area contributed by atoms with Gasteiger partial charge < -0.3 is 15.7 Å². The normalized spacial score (nSPS) is 39.6. The molecular weight excluding hydrogens is 204 g/mol. The highest BCUT2D eigenvalue weighted by Crippen LogP contribution is 2.22. The summed E-state index contributed by atoms with van der Waals surface area (Å²) in [4.78, 5) is 12.1. The van der Waals surface area contributed by atoms with Gasteiger partial charge in [0.2, 0.25) is 5.91 Å². The van der Waals surface area contributed by atoms with Gasteiger partial charge in [0.15, 0.2) is 0 Å². The Labute approximate surface area is 96.8 Å². The first-order valence-corrected chi connectivity index (χ1v) is 6.36. The Kier molecular flexibility index (Phi) is 3.50. The Morgan fingerprint density at radius 2 is 2.12 bits per heavy atom. The number of carbonyl (C=O) groups is 1. The molecule has 0 aromatic carbocycles. The van der Waals surface area contributed by atoms with Crippen molar-refractivity contribution < 1.29 is 9.90 Å². The molecule has 2 fully saturated rings. The van der Waals surface area contributed by atoms with Gasteiger partial charge in [-0.15, -0.1) is 0 Å². The standard InChI is InChI=1S/C12H22N2O2/c1-12(7-4-8-13-12)11(16)14-9-5-2-3-6-10(9)15/h9-10,13,15H,2-8H2,1H3,(H,14,16)/t9-,10-,12?/m1/s1. The summed E-state index contributed by atoms with van der Waals surface area (Å²) < 4.78 is 0. The van der Waals surface area contributed by atoms with E-state index in [9.17, 15) is 9.90 Å². The molecule has 1 saturated heterocycles. The fourth-order valence-electron chi connectivity index (χ4n) is 2.70. The predicted octanol–water partition coefficient (Wildman–Crippen LogP) is 0.548. The molecular formula is C12H22N2O2. The Hall–Kier alpha value is -0.610. The second-order valence-electron chi connectivity index (χ2n) is 5.29. The van der Waals surface area contributed by atoms with E-state index in [2.05, 4.69) is 10.6 Å². The van der Waals surface area contributed by atoms with Crippen molar-refractivity contribution in [3.05, 3.63) is 0 Å². The Balaban J connectivity index is 1.90. The first-order valence-electron chi connectivity index (χ1n) is 6.36. The van der Waals surface area contributed by atoms with Gasteiger partial charge in [0.05, 0.1) is 17.7 Å². The fraction of sp³-hybridized carbons (Fsp3) is 0.917. The molecule has 0 aromatic rings. The third-order valence-electron chi connectivity index (χ3n) is 3.92. The minimum absolute atomic E-state index is 0.0412. The van der Waals surface area contributed by atoms with E-state index in [0.717, 1.165) is 45.1 Å². The van der Waals surface area contributed by atoms with Crippen molar-refractivity contribution in [2.45, 2.75) is 63.1 Å². The van der Waals surface area contributed by atoms with Gasteiger partial charge in [0.1, 0.15) is 0 Å². The number of amides is 1. The highest BCUT2D eigenvalue weighted by Gasteiger charge is 2.37. The van der Waals surface area contributed by atoms with Gasteiger partial charge in [-0.05, 0) is 39.2 Å². The molecule has 16 heavy (non-hydrogen) atoms. The Morgan fingerprint density at radius 3 is 2.75 bits per heavy atom. The number of aliphatic hydroxyl groups excluding tert-OH is 1. The van der Waals surface area contributed by atoms with Gasteiger partial charge in [-0.1, -0.05) is 12.8 Å². The smallest absolute Gasteiger partial charge is 0.240 e. The number of aliphatic hydroxyl groups is 1. The van der Waals surface area contributed by atoms with Crippen LogP contribution in [0.3, 0.4) is 0 Å². The number of rotatable bonds is 2. The molecule has 1 aliphatic carbocycles. The molecule has 4 heteroatoms. The number of hydrogen-bond acceptors (Lipinski definition) is 3. The minimum Gasteiger partial charge on any atom is -0.391 e. The zero-order chi connectivity index (χ0) is 11.6. The minimum atomic E-state index is -0.419. The van der Waals surface area contributed by atoms with Crippen LogP contribution in [0.25, 0.3) is 0 Å². The monoisotopic (exact) mass is 226 g/mol. The third kappa shape index (κ3) is 2.38. The first-order chi connectivity index (χ1) is 7.62. The lowest BCUT2D eigenvalue weighted by Gasteiger charge is -2.32. The zero-order valence-corrected chi connectivity index (χ0v) is 9.96. The van der Waals surface area contributed by atoms with Crippen LogP contribution in [0.15, 0.2) is 0 Å². The summed E-state index contributed by atoms with van der Waals surface area (Å²) in [5, 5.41) is 16.1. The van der Waals surface area contributed by atoms with E-state index in [0.29, 0.717) is 0 Å². The molecule has 2 aliphatic rings. The van der Waals surface area contributed by atoms with Crippen LogP contribution in [-0.2, 0) is 4.79 Å². The quantitative estimate of drug-likeness (QED) is 0.644. The van der Waals surface area contributed by atoms with Crippen LogP contribution >= 0.6 is 0 Å². The molecule has 2 rings (SSSR count). The third-order valence-corrected chi connectivity index (χ3v) is 3.92. The summed E-state index contributed by atoms with van der Waals surface area (Å²) in [5.41, 5.74) is -0.419. The fourth-order valence-corrected chi connectivity index (χ4v) is 2.70. The molecule has 0 bridgehead atoms. The molecule has 3 atom stereocenters. The lowest BCUT2D eigenvalue weighted by atomic mass is 9.91. The maximum Gasteiger partial charge on any atom is 0.240 e. The van der Waals surface area contributed by atoms with E-state index in [1.165, 1.54) is 0 Å². The highest BCUT2D eigenvalue weighted by molar-refractivity contribution is 5.86. The molecule has 0 spiro atoms. The SMILES string of the molecule is CC1(C(=O)N[C@@H]2CCCC[C@H]2O)CCCN1. The summed E-state index contributed by atoms with van der Waals surface area (Å²) in [5.74, 6) is 0.0518. The lowest BCUT2D eigenvalue weighted by molar-refractivity contribution is -0.128. The largest absolute Gasteiger partial charge is 0.391 e. The van der Waals surface area contributed by atoms with Crippen LogP contribution in [0, 0.1) is 0 Å². The second kappa shape index (κ2) is 4.72. The zero-order valence-electron chi connectivity index (χ0n) is 9.96. The van der Waals surface area contributed by atoms with E-state index in [1.54, 1.807) is 0 Å². The average Bonchev–Trinajstić information content (AvgIpc) is 2.70. The van der Waals surface area contributed by atoms with Crippen LogP contribution in [0.1, 0.15) is 45.4 Å². The number of carbonyl (C=O) groups excluding carboxylic acids is 1. The van der Waals surface area contributed by atoms with E-state index in [1.807, 2.05) is 6.92 Å². The molecule has 1 aliphatic heterocycles. The maximum atomic E-state index is 12.1. The molecule has 1 amide bonds. The van der Waals surface area contributed by atoms with Crippen molar-refractivity contribution >= 4 is 5.91 Å². The van der Waals surface area contributed by atoms with E-state index >= 15 is 0 Å².